The van der Waals surface area contributed by atoms with Gasteiger partial charge in [-0.15, -0.1) is 0 Å². The maximum absolute atomic E-state index is 12.9. The molecule has 1 aromatic rings. The molecule has 0 aromatic carbocycles. The van der Waals surface area contributed by atoms with Crippen LogP contribution in [-0.4, -0.2) is 59.1 Å². The average molecular weight is 315 g/mol. The summed E-state index contributed by atoms with van der Waals surface area (Å²) in [6.07, 6.45) is 6.19. The molecule has 124 valence electrons. The van der Waals surface area contributed by atoms with E-state index >= 15 is 0 Å². The van der Waals surface area contributed by atoms with E-state index in [0.29, 0.717) is 24.5 Å². The van der Waals surface area contributed by atoms with Gasteiger partial charge >= 0.3 is 0 Å². The molecule has 4 aliphatic rings. The molecule has 0 aliphatic carbocycles. The van der Waals surface area contributed by atoms with Gasteiger partial charge in [-0.25, -0.2) is 0 Å². The van der Waals surface area contributed by atoms with Crippen LogP contribution in [0.2, 0.25) is 0 Å². The summed E-state index contributed by atoms with van der Waals surface area (Å²) in [5.74, 6) is 0.502. The first-order valence-electron chi connectivity index (χ1n) is 8.83. The largest absolute Gasteiger partial charge is 0.381 e. The second kappa shape index (κ2) is 6.57. The van der Waals surface area contributed by atoms with Crippen molar-refractivity contribution in [2.45, 2.75) is 44.3 Å². The second-order valence-corrected chi connectivity index (χ2v) is 7.01. The molecule has 23 heavy (non-hydrogen) atoms. The number of carbonyl (C=O) groups is 1. The minimum atomic E-state index is 0.167. The number of pyridine rings is 1. The zero-order chi connectivity index (χ0) is 15.6. The molecule has 5 rings (SSSR count). The number of ether oxygens (including phenoxy) is 1. The van der Waals surface area contributed by atoms with Crippen LogP contribution >= 0.6 is 0 Å². The monoisotopic (exact) mass is 315 g/mol. The highest BCUT2D eigenvalue weighted by atomic mass is 16.5. The maximum Gasteiger partial charge on any atom is 0.227 e. The molecule has 2 atom stereocenters. The van der Waals surface area contributed by atoms with E-state index in [1.165, 1.54) is 0 Å². The molecule has 5 heteroatoms. The molecular weight excluding hydrogens is 290 g/mol. The number of fused-ring (bicyclic) bond motifs is 4. The van der Waals surface area contributed by atoms with Gasteiger partial charge in [0.15, 0.2) is 0 Å². The predicted molar refractivity (Wildman–Crippen MR) is 86.7 cm³/mol. The van der Waals surface area contributed by atoms with E-state index < -0.39 is 0 Å². The molecule has 4 saturated heterocycles. The number of aromatic nitrogens is 1. The quantitative estimate of drug-likeness (QED) is 0.851. The van der Waals surface area contributed by atoms with E-state index in [2.05, 4.69) is 14.8 Å². The Kier molecular flexibility index (Phi) is 4.31. The molecule has 0 saturated carbocycles. The van der Waals surface area contributed by atoms with Gasteiger partial charge in [-0.2, -0.15) is 0 Å². The summed E-state index contributed by atoms with van der Waals surface area (Å²) in [6, 6.07) is 6.87. The molecule has 4 aliphatic heterocycles. The third-order valence-corrected chi connectivity index (χ3v) is 5.59. The van der Waals surface area contributed by atoms with Gasteiger partial charge in [-0.1, -0.05) is 6.07 Å². The Labute approximate surface area is 137 Å². The van der Waals surface area contributed by atoms with E-state index in [-0.39, 0.29) is 5.92 Å². The Morgan fingerprint density at radius 1 is 1.09 bits per heavy atom. The standard InChI is InChI=1S/C18H25N3O2/c22-18-14-4-5-17(21(18)12-15-3-1-2-8-19-15)13-20(11-14)16-6-9-23-10-7-16/h1-3,8,14,16-17H,4-7,9-13H2/t14-,17+/m0/s1. The van der Waals surface area contributed by atoms with Gasteiger partial charge in [0.05, 0.1) is 18.2 Å². The molecular formula is C18H25N3O2. The van der Waals surface area contributed by atoms with Crippen molar-refractivity contribution in [3.05, 3.63) is 30.1 Å². The Morgan fingerprint density at radius 2 is 1.96 bits per heavy atom. The van der Waals surface area contributed by atoms with Crippen LogP contribution in [0, 0.1) is 5.92 Å². The van der Waals surface area contributed by atoms with Crippen molar-refractivity contribution in [2.24, 2.45) is 5.92 Å². The lowest BCUT2D eigenvalue weighted by Crippen LogP contribution is -2.48. The average Bonchev–Trinajstić information content (AvgIpc) is 2.90. The zero-order valence-electron chi connectivity index (χ0n) is 13.6. The van der Waals surface area contributed by atoms with Gasteiger partial charge < -0.3 is 9.64 Å². The highest BCUT2D eigenvalue weighted by Gasteiger charge is 2.42. The first-order chi connectivity index (χ1) is 11.3. The zero-order valence-corrected chi connectivity index (χ0v) is 13.6. The molecule has 0 unspecified atom stereocenters. The van der Waals surface area contributed by atoms with Crippen LogP contribution in [-0.2, 0) is 16.1 Å². The lowest BCUT2D eigenvalue weighted by Gasteiger charge is -2.37. The van der Waals surface area contributed by atoms with Crippen molar-refractivity contribution in [1.82, 2.24) is 14.8 Å². The minimum Gasteiger partial charge on any atom is -0.381 e. The lowest BCUT2D eigenvalue weighted by molar-refractivity contribution is -0.140. The van der Waals surface area contributed by atoms with Crippen LogP contribution in [0.25, 0.3) is 0 Å². The third kappa shape index (κ3) is 3.12. The van der Waals surface area contributed by atoms with Crippen molar-refractivity contribution in [1.29, 1.82) is 0 Å². The van der Waals surface area contributed by atoms with E-state index in [0.717, 1.165) is 57.7 Å². The van der Waals surface area contributed by atoms with Gasteiger partial charge in [0.2, 0.25) is 5.91 Å². The molecule has 0 radical (unpaired) electrons. The molecule has 5 nitrogen and oxygen atoms in total. The summed E-state index contributed by atoms with van der Waals surface area (Å²) in [4.78, 5) is 22.0. The highest BCUT2D eigenvalue weighted by Crippen LogP contribution is 2.32. The fourth-order valence-electron chi connectivity index (χ4n) is 4.30. The van der Waals surface area contributed by atoms with Crippen LogP contribution in [0.3, 0.4) is 0 Å². The maximum atomic E-state index is 12.9. The number of piperidine rings is 1. The van der Waals surface area contributed by atoms with Gasteiger partial charge in [0, 0.05) is 44.6 Å². The van der Waals surface area contributed by atoms with Gasteiger partial charge in [0.1, 0.15) is 0 Å². The minimum absolute atomic E-state index is 0.167. The number of rotatable bonds is 3. The van der Waals surface area contributed by atoms with Crippen LogP contribution in [0.1, 0.15) is 31.4 Å². The highest BCUT2D eigenvalue weighted by molar-refractivity contribution is 5.80. The topological polar surface area (TPSA) is 45.7 Å². The molecule has 1 aromatic heterocycles. The van der Waals surface area contributed by atoms with E-state index in [1.54, 1.807) is 0 Å². The summed E-state index contributed by atoms with van der Waals surface area (Å²) in [5, 5.41) is 0. The van der Waals surface area contributed by atoms with E-state index in [1.807, 2.05) is 24.4 Å². The fourth-order valence-corrected chi connectivity index (χ4v) is 4.30. The number of carbonyl (C=O) groups excluding carboxylic acids is 1. The van der Waals surface area contributed by atoms with Gasteiger partial charge in [-0.05, 0) is 37.8 Å². The first kappa shape index (κ1) is 15.1. The second-order valence-electron chi connectivity index (χ2n) is 7.01. The van der Waals surface area contributed by atoms with Crippen LogP contribution in [0.15, 0.2) is 24.4 Å². The van der Waals surface area contributed by atoms with Crippen molar-refractivity contribution < 1.29 is 9.53 Å². The smallest absolute Gasteiger partial charge is 0.227 e. The Bertz CT molecular complexity index is 544. The molecule has 0 N–H and O–H groups in total. The summed E-state index contributed by atoms with van der Waals surface area (Å²) in [6.45, 7) is 4.32. The van der Waals surface area contributed by atoms with Crippen LogP contribution < -0.4 is 0 Å². The van der Waals surface area contributed by atoms with Crippen LogP contribution in [0.4, 0.5) is 0 Å². The van der Waals surface area contributed by atoms with Gasteiger partial charge in [0.25, 0.3) is 0 Å². The van der Waals surface area contributed by atoms with Gasteiger partial charge in [-0.3, -0.25) is 14.7 Å². The third-order valence-electron chi connectivity index (χ3n) is 5.59. The van der Waals surface area contributed by atoms with E-state index in [9.17, 15) is 4.79 Å². The predicted octanol–water partition coefficient (Wildman–Crippen LogP) is 1.68. The number of hydrogen-bond acceptors (Lipinski definition) is 4. The van der Waals surface area contributed by atoms with Crippen molar-refractivity contribution in [2.75, 3.05) is 26.3 Å². The van der Waals surface area contributed by atoms with E-state index in [4.69, 9.17) is 4.74 Å². The molecule has 4 fully saturated rings. The lowest BCUT2D eigenvalue weighted by atomic mass is 9.94. The van der Waals surface area contributed by atoms with Crippen molar-refractivity contribution >= 4 is 5.91 Å². The summed E-state index contributed by atoms with van der Waals surface area (Å²) < 4.78 is 5.50. The first-order valence-corrected chi connectivity index (χ1v) is 8.83. The summed E-state index contributed by atoms with van der Waals surface area (Å²) in [5.41, 5.74) is 0.992. The van der Waals surface area contributed by atoms with Crippen molar-refractivity contribution in [3.8, 4) is 0 Å². The van der Waals surface area contributed by atoms with Crippen LogP contribution in [0.5, 0.6) is 0 Å². The number of nitrogens with zero attached hydrogens (tertiary/aromatic N) is 3. The number of hydrogen-bond donors (Lipinski definition) is 0. The molecule has 5 heterocycles. The summed E-state index contributed by atoms with van der Waals surface area (Å²) >= 11 is 0. The molecule has 1 amide bonds. The summed E-state index contributed by atoms with van der Waals surface area (Å²) in [7, 11) is 0. The fraction of sp³-hybridized carbons (Fsp3) is 0.667. The Hall–Kier alpha value is -1.46. The molecule has 2 bridgehead atoms. The SMILES string of the molecule is O=C1[C@H]2CC[C@H](CN(C3CCOCC3)C2)N1Cc1ccccn1. The Balaban J connectivity index is 1.50. The Morgan fingerprint density at radius 3 is 2.74 bits per heavy atom. The normalized spacial score (nSPS) is 29.7. The number of amides is 1. The molecule has 0 spiro atoms. The van der Waals surface area contributed by atoms with Crippen molar-refractivity contribution in [3.63, 3.8) is 0 Å².